The van der Waals surface area contributed by atoms with Gasteiger partial charge in [0.15, 0.2) is 0 Å². The molecule has 0 unspecified atom stereocenters. The average Bonchev–Trinajstić information content (AvgIpc) is 2.69. The predicted molar refractivity (Wildman–Crippen MR) is 104 cm³/mol. The van der Waals surface area contributed by atoms with Gasteiger partial charge in [-0.05, 0) is 48.4 Å². The molecule has 2 aromatic carbocycles. The fraction of sp³-hybridized carbons (Fsp3) is 0.316. The fourth-order valence-electron chi connectivity index (χ4n) is 2.70. The first-order valence-corrected chi connectivity index (χ1v) is 10.8. The Labute approximate surface area is 167 Å². The summed E-state index contributed by atoms with van der Waals surface area (Å²) >= 11 is 3.33. The Kier molecular flexibility index (Phi) is 6.64. The van der Waals surface area contributed by atoms with E-state index < -0.39 is 10.0 Å². The third-order valence-electron chi connectivity index (χ3n) is 4.19. The Morgan fingerprint density at radius 3 is 2.30 bits per heavy atom. The minimum atomic E-state index is -3.50. The van der Waals surface area contributed by atoms with Gasteiger partial charge in [-0.15, -0.1) is 0 Å². The molecule has 3 rings (SSSR count). The first-order chi connectivity index (χ1) is 12.9. The molecule has 1 aliphatic rings. The van der Waals surface area contributed by atoms with Crippen LogP contribution in [0.25, 0.3) is 0 Å². The van der Waals surface area contributed by atoms with Crippen LogP contribution in [-0.4, -0.2) is 45.0 Å². The molecule has 0 saturated carbocycles. The molecule has 0 atom stereocenters. The molecule has 144 valence electrons. The van der Waals surface area contributed by atoms with Crippen LogP contribution in [0.5, 0.6) is 5.75 Å². The Morgan fingerprint density at radius 2 is 1.67 bits per heavy atom. The highest BCUT2D eigenvalue weighted by Gasteiger charge is 2.26. The van der Waals surface area contributed by atoms with E-state index in [0.717, 1.165) is 10.0 Å². The van der Waals surface area contributed by atoms with Crippen molar-refractivity contribution in [2.45, 2.75) is 17.7 Å². The molecule has 0 spiro atoms. The smallest absolute Gasteiger partial charge is 0.311 e. The van der Waals surface area contributed by atoms with E-state index in [0.29, 0.717) is 38.5 Å². The molecule has 0 aliphatic carbocycles. The highest BCUT2D eigenvalue weighted by Crippen LogP contribution is 2.19. The van der Waals surface area contributed by atoms with E-state index in [9.17, 15) is 13.2 Å². The minimum Gasteiger partial charge on any atom is -0.427 e. The van der Waals surface area contributed by atoms with Crippen molar-refractivity contribution < 1.29 is 22.7 Å². The van der Waals surface area contributed by atoms with E-state index in [1.165, 1.54) is 4.31 Å². The number of hydrogen-bond donors (Lipinski definition) is 0. The number of carbonyl (C=O) groups excluding carboxylic acids is 1. The number of esters is 1. The van der Waals surface area contributed by atoms with Gasteiger partial charge >= 0.3 is 5.97 Å². The Balaban J connectivity index is 1.55. The largest absolute Gasteiger partial charge is 0.427 e. The number of aryl methyl sites for hydroxylation is 1. The first-order valence-electron chi connectivity index (χ1n) is 8.58. The van der Waals surface area contributed by atoms with Crippen LogP contribution >= 0.6 is 15.9 Å². The van der Waals surface area contributed by atoms with Crippen molar-refractivity contribution in [3.8, 4) is 5.75 Å². The van der Waals surface area contributed by atoms with Crippen molar-refractivity contribution >= 4 is 31.9 Å². The van der Waals surface area contributed by atoms with E-state index in [4.69, 9.17) is 9.47 Å². The number of hydrogen-bond acceptors (Lipinski definition) is 5. The number of sulfonamides is 1. The second kappa shape index (κ2) is 8.97. The minimum absolute atomic E-state index is 0.214. The van der Waals surface area contributed by atoms with Crippen molar-refractivity contribution in [3.63, 3.8) is 0 Å². The van der Waals surface area contributed by atoms with Crippen molar-refractivity contribution in [2.24, 2.45) is 0 Å². The van der Waals surface area contributed by atoms with Gasteiger partial charge < -0.3 is 9.47 Å². The van der Waals surface area contributed by atoms with Gasteiger partial charge in [-0.3, -0.25) is 4.79 Å². The second-order valence-corrected chi connectivity index (χ2v) is 8.94. The van der Waals surface area contributed by atoms with Gasteiger partial charge in [-0.2, -0.15) is 4.31 Å². The van der Waals surface area contributed by atoms with Crippen LogP contribution in [0, 0.1) is 0 Å². The van der Waals surface area contributed by atoms with Gasteiger partial charge in [0.25, 0.3) is 0 Å². The standard InChI is InChI=1S/C19H20BrNO5S/c20-16-4-6-17(7-5-16)26-19(22)10-3-15-1-8-18(9-2-15)27(23,24)21-11-13-25-14-12-21/h1-2,4-9H,3,10-14H2. The summed E-state index contributed by atoms with van der Waals surface area (Å²) in [6, 6.07) is 13.7. The summed E-state index contributed by atoms with van der Waals surface area (Å²) in [5.41, 5.74) is 0.878. The van der Waals surface area contributed by atoms with Crippen LogP contribution in [0.3, 0.4) is 0 Å². The number of nitrogens with zero attached hydrogens (tertiary/aromatic N) is 1. The molecule has 1 fully saturated rings. The zero-order valence-electron chi connectivity index (χ0n) is 14.6. The van der Waals surface area contributed by atoms with Gasteiger partial charge in [0.05, 0.1) is 18.1 Å². The van der Waals surface area contributed by atoms with Gasteiger partial charge in [0, 0.05) is 24.0 Å². The molecular formula is C19H20BrNO5S. The van der Waals surface area contributed by atoms with Crippen molar-refractivity contribution in [1.29, 1.82) is 0 Å². The van der Waals surface area contributed by atoms with Gasteiger partial charge in [0.1, 0.15) is 5.75 Å². The molecule has 0 aromatic heterocycles. The lowest BCUT2D eigenvalue weighted by molar-refractivity contribution is -0.134. The van der Waals surface area contributed by atoms with Gasteiger partial charge in [-0.25, -0.2) is 8.42 Å². The molecule has 6 nitrogen and oxygen atoms in total. The molecule has 0 amide bonds. The van der Waals surface area contributed by atoms with Gasteiger partial charge in [-0.1, -0.05) is 28.1 Å². The average molecular weight is 454 g/mol. The zero-order valence-corrected chi connectivity index (χ0v) is 17.0. The molecule has 8 heteroatoms. The molecule has 1 heterocycles. The van der Waals surface area contributed by atoms with E-state index in [2.05, 4.69) is 15.9 Å². The number of benzene rings is 2. The second-order valence-electron chi connectivity index (χ2n) is 6.09. The fourth-order valence-corrected chi connectivity index (χ4v) is 4.37. The van der Waals surface area contributed by atoms with Crippen molar-refractivity contribution in [1.82, 2.24) is 4.31 Å². The molecule has 0 radical (unpaired) electrons. The van der Waals surface area contributed by atoms with Crippen LogP contribution in [0.2, 0.25) is 0 Å². The van der Waals surface area contributed by atoms with Crippen LogP contribution in [0.1, 0.15) is 12.0 Å². The van der Waals surface area contributed by atoms with Gasteiger partial charge in [0.2, 0.25) is 10.0 Å². The van der Waals surface area contributed by atoms with Crippen molar-refractivity contribution in [3.05, 3.63) is 58.6 Å². The highest BCUT2D eigenvalue weighted by molar-refractivity contribution is 9.10. The van der Waals surface area contributed by atoms with Crippen molar-refractivity contribution in [2.75, 3.05) is 26.3 Å². The molecule has 0 bridgehead atoms. The van der Waals surface area contributed by atoms with Crippen LogP contribution < -0.4 is 4.74 Å². The Hall–Kier alpha value is -1.74. The quantitative estimate of drug-likeness (QED) is 0.496. The summed E-state index contributed by atoms with van der Waals surface area (Å²) < 4.78 is 38.0. The maximum absolute atomic E-state index is 12.6. The summed E-state index contributed by atoms with van der Waals surface area (Å²) in [7, 11) is -3.50. The number of ether oxygens (including phenoxy) is 2. The lowest BCUT2D eigenvalue weighted by atomic mass is 10.1. The highest BCUT2D eigenvalue weighted by atomic mass is 79.9. The Bertz CT molecular complexity index is 875. The molecular weight excluding hydrogens is 434 g/mol. The Morgan fingerprint density at radius 1 is 1.04 bits per heavy atom. The monoisotopic (exact) mass is 453 g/mol. The number of carbonyl (C=O) groups is 1. The van der Waals surface area contributed by atoms with E-state index in [-0.39, 0.29) is 17.3 Å². The first kappa shape index (κ1) is 20.0. The summed E-state index contributed by atoms with van der Waals surface area (Å²) in [4.78, 5) is 12.2. The third kappa shape index (κ3) is 5.38. The maximum Gasteiger partial charge on any atom is 0.311 e. The number of halogens is 1. The molecule has 27 heavy (non-hydrogen) atoms. The summed E-state index contributed by atoms with van der Waals surface area (Å²) in [5, 5.41) is 0. The maximum atomic E-state index is 12.6. The van der Waals surface area contributed by atoms with Crippen LogP contribution in [0.15, 0.2) is 57.9 Å². The predicted octanol–water partition coefficient (Wildman–Crippen LogP) is 3.01. The third-order valence-corrected chi connectivity index (χ3v) is 6.64. The number of rotatable bonds is 6. The summed E-state index contributed by atoms with van der Waals surface area (Å²) in [6.45, 7) is 1.56. The molecule has 0 N–H and O–H groups in total. The number of morpholine rings is 1. The van der Waals surface area contributed by atoms with E-state index >= 15 is 0 Å². The molecule has 1 aliphatic heterocycles. The van der Waals surface area contributed by atoms with Crippen LogP contribution in [0.4, 0.5) is 0 Å². The summed E-state index contributed by atoms with van der Waals surface area (Å²) in [6.07, 6.45) is 0.693. The lowest BCUT2D eigenvalue weighted by Gasteiger charge is -2.26. The zero-order chi connectivity index (χ0) is 19.3. The van der Waals surface area contributed by atoms with Crippen LogP contribution in [-0.2, 0) is 26.0 Å². The lowest BCUT2D eigenvalue weighted by Crippen LogP contribution is -2.40. The SMILES string of the molecule is O=C(CCc1ccc(S(=O)(=O)N2CCOCC2)cc1)Oc1ccc(Br)cc1. The molecule has 2 aromatic rings. The van der Waals surface area contributed by atoms with E-state index in [1.807, 2.05) is 0 Å². The normalized spacial score (nSPS) is 15.4. The van der Waals surface area contributed by atoms with E-state index in [1.54, 1.807) is 48.5 Å². The molecule has 1 saturated heterocycles. The summed E-state index contributed by atoms with van der Waals surface area (Å²) in [5.74, 6) is 0.164. The topological polar surface area (TPSA) is 72.9 Å².